The lowest BCUT2D eigenvalue weighted by atomic mass is 10.2. The molecule has 22 heavy (non-hydrogen) atoms. The highest BCUT2D eigenvalue weighted by Gasteiger charge is 2.19. The van der Waals surface area contributed by atoms with Crippen molar-refractivity contribution in [3.8, 4) is 0 Å². The second-order valence-corrected chi connectivity index (χ2v) is 6.58. The van der Waals surface area contributed by atoms with Crippen LogP contribution in [0.25, 0.3) is 0 Å². The molecule has 0 spiro atoms. The summed E-state index contributed by atoms with van der Waals surface area (Å²) < 4.78 is 19.2. The number of piperazine rings is 1. The second-order valence-electron chi connectivity index (χ2n) is 5.72. The summed E-state index contributed by atoms with van der Waals surface area (Å²) in [4.78, 5) is 4.76. The predicted octanol–water partition coefficient (Wildman–Crippen LogP) is 3.20. The number of aromatic nitrogens is 1. The van der Waals surface area contributed by atoms with Gasteiger partial charge in [-0.2, -0.15) is 0 Å². The molecular formula is C16H19BrFN3O. The number of hydrogen-bond donors (Lipinski definition) is 0. The minimum absolute atomic E-state index is 0.206. The van der Waals surface area contributed by atoms with E-state index in [2.05, 4.69) is 30.9 Å². The van der Waals surface area contributed by atoms with Gasteiger partial charge < -0.3 is 4.52 Å². The molecule has 0 atom stereocenters. The number of rotatable bonds is 4. The van der Waals surface area contributed by atoms with E-state index < -0.39 is 0 Å². The lowest BCUT2D eigenvalue weighted by Gasteiger charge is -2.34. The van der Waals surface area contributed by atoms with Crippen molar-refractivity contribution in [2.75, 3.05) is 26.2 Å². The number of halogens is 2. The molecule has 3 rings (SSSR count). The van der Waals surface area contributed by atoms with E-state index in [0.717, 1.165) is 60.8 Å². The number of benzene rings is 1. The summed E-state index contributed by atoms with van der Waals surface area (Å²) in [5, 5.41) is 3.92. The first-order valence-corrected chi connectivity index (χ1v) is 8.20. The molecule has 0 aliphatic carbocycles. The van der Waals surface area contributed by atoms with Gasteiger partial charge in [0.15, 0.2) is 5.76 Å². The summed E-state index contributed by atoms with van der Waals surface area (Å²) in [6.45, 7) is 7.58. The molecule has 118 valence electrons. The fourth-order valence-electron chi connectivity index (χ4n) is 2.71. The van der Waals surface area contributed by atoms with Gasteiger partial charge >= 0.3 is 0 Å². The maximum absolute atomic E-state index is 13.1. The summed E-state index contributed by atoms with van der Waals surface area (Å²) in [6.07, 6.45) is 0. The Morgan fingerprint density at radius 3 is 2.41 bits per heavy atom. The van der Waals surface area contributed by atoms with E-state index in [9.17, 15) is 4.39 Å². The van der Waals surface area contributed by atoms with Gasteiger partial charge in [-0.3, -0.25) is 9.80 Å². The van der Waals surface area contributed by atoms with Crippen LogP contribution in [0.2, 0.25) is 0 Å². The van der Waals surface area contributed by atoms with Gasteiger partial charge in [-0.05, 0) is 24.6 Å². The minimum atomic E-state index is -0.206. The summed E-state index contributed by atoms with van der Waals surface area (Å²) in [6, 6.07) is 6.88. The first kappa shape index (κ1) is 15.6. The van der Waals surface area contributed by atoms with Gasteiger partial charge in [0.1, 0.15) is 5.82 Å². The molecule has 1 aliphatic rings. The Hall–Kier alpha value is -1.24. The van der Waals surface area contributed by atoms with Crippen molar-refractivity contribution >= 4 is 15.9 Å². The van der Waals surface area contributed by atoms with Crippen LogP contribution in [0.15, 0.2) is 33.3 Å². The average molecular weight is 368 g/mol. The van der Waals surface area contributed by atoms with Crippen molar-refractivity contribution in [2.45, 2.75) is 20.0 Å². The molecule has 0 bridgehead atoms. The van der Waals surface area contributed by atoms with E-state index in [4.69, 9.17) is 4.52 Å². The van der Waals surface area contributed by atoms with E-state index >= 15 is 0 Å². The van der Waals surface area contributed by atoms with Crippen LogP contribution in [0.1, 0.15) is 17.0 Å². The molecule has 0 N–H and O–H groups in total. The van der Waals surface area contributed by atoms with Gasteiger partial charge in [-0.1, -0.05) is 27.2 Å². The lowest BCUT2D eigenvalue weighted by Crippen LogP contribution is -2.45. The Kier molecular flexibility index (Phi) is 4.90. The molecule has 2 heterocycles. The normalized spacial score (nSPS) is 17.0. The molecule has 1 aliphatic heterocycles. The van der Waals surface area contributed by atoms with Crippen LogP contribution in [0.4, 0.5) is 4.39 Å². The van der Waals surface area contributed by atoms with E-state index in [1.807, 2.05) is 19.1 Å². The van der Waals surface area contributed by atoms with E-state index in [-0.39, 0.29) is 5.82 Å². The lowest BCUT2D eigenvalue weighted by molar-refractivity contribution is 0.113. The van der Waals surface area contributed by atoms with Crippen molar-refractivity contribution in [1.82, 2.24) is 15.0 Å². The molecule has 1 aromatic carbocycles. The minimum Gasteiger partial charge on any atom is -0.360 e. The molecular weight excluding hydrogens is 349 g/mol. The molecule has 1 aromatic heterocycles. The van der Waals surface area contributed by atoms with Crippen molar-refractivity contribution in [3.05, 3.63) is 51.6 Å². The van der Waals surface area contributed by atoms with Gasteiger partial charge in [0.2, 0.25) is 0 Å². The quantitative estimate of drug-likeness (QED) is 0.830. The van der Waals surface area contributed by atoms with Crippen LogP contribution in [-0.2, 0) is 13.1 Å². The standard InChI is InChI=1S/C16H19BrFN3O/c1-12-8-15(22-19-12)11-21-6-4-20(5-7-21)10-13-2-3-14(18)9-16(13)17/h2-3,8-9H,4-7,10-11H2,1H3. The summed E-state index contributed by atoms with van der Waals surface area (Å²) in [5.74, 6) is 0.718. The highest BCUT2D eigenvalue weighted by atomic mass is 79.9. The number of aryl methyl sites for hydroxylation is 1. The maximum atomic E-state index is 13.1. The predicted molar refractivity (Wildman–Crippen MR) is 85.9 cm³/mol. The summed E-state index contributed by atoms with van der Waals surface area (Å²) in [7, 11) is 0. The molecule has 4 nitrogen and oxygen atoms in total. The maximum Gasteiger partial charge on any atom is 0.150 e. The molecule has 0 saturated carbocycles. The zero-order valence-electron chi connectivity index (χ0n) is 12.6. The first-order valence-electron chi connectivity index (χ1n) is 7.41. The Labute approximate surface area is 138 Å². The molecule has 1 saturated heterocycles. The van der Waals surface area contributed by atoms with Crippen LogP contribution in [0.5, 0.6) is 0 Å². The molecule has 2 aromatic rings. The molecule has 6 heteroatoms. The smallest absolute Gasteiger partial charge is 0.150 e. The third-order valence-electron chi connectivity index (χ3n) is 3.93. The Morgan fingerprint density at radius 2 is 1.82 bits per heavy atom. The molecule has 0 amide bonds. The van der Waals surface area contributed by atoms with Crippen LogP contribution >= 0.6 is 15.9 Å². The monoisotopic (exact) mass is 367 g/mol. The summed E-state index contributed by atoms with van der Waals surface area (Å²) in [5.41, 5.74) is 2.05. The number of hydrogen-bond acceptors (Lipinski definition) is 4. The zero-order chi connectivity index (χ0) is 15.5. The van der Waals surface area contributed by atoms with E-state index in [1.54, 1.807) is 0 Å². The van der Waals surface area contributed by atoms with Crippen molar-refractivity contribution < 1.29 is 8.91 Å². The highest BCUT2D eigenvalue weighted by Crippen LogP contribution is 2.20. The van der Waals surface area contributed by atoms with Crippen molar-refractivity contribution in [3.63, 3.8) is 0 Å². The van der Waals surface area contributed by atoms with Crippen molar-refractivity contribution in [1.29, 1.82) is 0 Å². The molecule has 0 unspecified atom stereocenters. The van der Waals surface area contributed by atoms with Gasteiger partial charge in [0.05, 0.1) is 12.2 Å². The number of nitrogens with zero attached hydrogens (tertiary/aromatic N) is 3. The Balaban J connectivity index is 1.51. The van der Waals surface area contributed by atoms with E-state index in [1.165, 1.54) is 12.1 Å². The second kappa shape index (κ2) is 6.89. The van der Waals surface area contributed by atoms with Gasteiger partial charge in [0, 0.05) is 43.3 Å². The molecule has 1 fully saturated rings. The summed E-state index contributed by atoms with van der Waals surface area (Å²) >= 11 is 3.44. The van der Waals surface area contributed by atoms with Crippen LogP contribution in [0, 0.1) is 12.7 Å². The van der Waals surface area contributed by atoms with Gasteiger partial charge in [0.25, 0.3) is 0 Å². The van der Waals surface area contributed by atoms with Crippen LogP contribution in [-0.4, -0.2) is 41.1 Å². The van der Waals surface area contributed by atoms with E-state index in [0.29, 0.717) is 0 Å². The third-order valence-corrected chi connectivity index (χ3v) is 4.67. The SMILES string of the molecule is Cc1cc(CN2CCN(Cc3ccc(F)cc3Br)CC2)on1. The average Bonchev–Trinajstić information content (AvgIpc) is 2.89. The van der Waals surface area contributed by atoms with Crippen LogP contribution in [0.3, 0.4) is 0 Å². The molecule has 0 radical (unpaired) electrons. The Bertz CT molecular complexity index is 638. The Morgan fingerprint density at radius 1 is 1.14 bits per heavy atom. The zero-order valence-corrected chi connectivity index (χ0v) is 14.1. The third kappa shape index (κ3) is 3.94. The van der Waals surface area contributed by atoms with Gasteiger partial charge in [-0.25, -0.2) is 4.39 Å². The fourth-order valence-corrected chi connectivity index (χ4v) is 3.18. The topological polar surface area (TPSA) is 32.5 Å². The van der Waals surface area contributed by atoms with Crippen molar-refractivity contribution in [2.24, 2.45) is 0 Å². The largest absolute Gasteiger partial charge is 0.360 e. The van der Waals surface area contributed by atoms with Crippen LogP contribution < -0.4 is 0 Å². The fraction of sp³-hybridized carbons (Fsp3) is 0.438. The van der Waals surface area contributed by atoms with Gasteiger partial charge in [-0.15, -0.1) is 0 Å². The highest BCUT2D eigenvalue weighted by molar-refractivity contribution is 9.10. The first-order chi connectivity index (χ1) is 10.6.